The lowest BCUT2D eigenvalue weighted by atomic mass is 9.88. The molecule has 0 amide bonds. The Hall–Kier alpha value is -2.77. The molecule has 5 nitrogen and oxygen atoms in total. The number of hydrogen-bond acceptors (Lipinski definition) is 5. The summed E-state index contributed by atoms with van der Waals surface area (Å²) in [6, 6.07) is 0. The van der Waals surface area contributed by atoms with Gasteiger partial charge in [-0.2, -0.15) is 8.78 Å². The Morgan fingerprint density at radius 3 is 2.54 bits per heavy atom. The standard InChI is InChI=1S/C20H22F3NO4/c1-10(6-8-14(25)27-4)5-7-12-15(17(21)19(22)23)11(2)13-9-28-20(26)16(13)18(12)24-3/h5,24H,6-9H2,1-4H3. The summed E-state index contributed by atoms with van der Waals surface area (Å²) in [5.74, 6) is -2.56. The minimum atomic E-state index is -2.43. The van der Waals surface area contributed by atoms with E-state index in [1.54, 1.807) is 13.0 Å². The van der Waals surface area contributed by atoms with E-state index in [-0.39, 0.29) is 53.4 Å². The zero-order chi connectivity index (χ0) is 21.0. The highest BCUT2D eigenvalue weighted by atomic mass is 19.3. The normalized spacial score (nSPS) is 13.1. The van der Waals surface area contributed by atoms with Crippen LogP contribution in [0.15, 0.2) is 17.7 Å². The van der Waals surface area contributed by atoms with Crippen molar-refractivity contribution in [2.45, 2.75) is 39.7 Å². The molecule has 0 unspecified atom stereocenters. The van der Waals surface area contributed by atoms with Gasteiger partial charge in [-0.3, -0.25) is 4.79 Å². The second kappa shape index (κ2) is 8.95. The smallest absolute Gasteiger partial charge is 0.341 e. The first-order valence-electron chi connectivity index (χ1n) is 8.69. The molecule has 1 aromatic rings. The molecule has 0 fully saturated rings. The summed E-state index contributed by atoms with van der Waals surface area (Å²) in [6.07, 6.45) is -0.0201. The topological polar surface area (TPSA) is 64.6 Å². The van der Waals surface area contributed by atoms with Gasteiger partial charge in [0.2, 0.25) is 0 Å². The Labute approximate surface area is 161 Å². The number of carbonyl (C=O) groups excluding carboxylic acids is 2. The lowest BCUT2D eigenvalue weighted by Gasteiger charge is -2.19. The highest BCUT2D eigenvalue weighted by molar-refractivity contribution is 6.02. The third-order valence-electron chi connectivity index (χ3n) is 4.78. The fourth-order valence-electron chi connectivity index (χ4n) is 3.26. The lowest BCUT2D eigenvalue weighted by molar-refractivity contribution is -0.140. The van der Waals surface area contributed by atoms with Crippen LogP contribution in [0, 0.1) is 6.92 Å². The molecule has 0 atom stereocenters. The Morgan fingerprint density at radius 1 is 1.29 bits per heavy atom. The van der Waals surface area contributed by atoms with Gasteiger partial charge in [0.05, 0.1) is 18.4 Å². The predicted octanol–water partition coefficient (Wildman–Crippen LogP) is 4.68. The number of allylic oxidation sites excluding steroid dienone is 2. The summed E-state index contributed by atoms with van der Waals surface area (Å²) < 4.78 is 50.2. The minimum Gasteiger partial charge on any atom is -0.469 e. The van der Waals surface area contributed by atoms with Crippen molar-refractivity contribution in [2.24, 2.45) is 0 Å². The van der Waals surface area contributed by atoms with Gasteiger partial charge in [-0.15, -0.1) is 0 Å². The van der Waals surface area contributed by atoms with Crippen LogP contribution in [0.3, 0.4) is 0 Å². The highest BCUT2D eigenvalue weighted by Gasteiger charge is 2.32. The van der Waals surface area contributed by atoms with Crippen LogP contribution in [-0.2, 0) is 27.3 Å². The van der Waals surface area contributed by atoms with E-state index < -0.39 is 17.9 Å². The molecule has 0 spiro atoms. The van der Waals surface area contributed by atoms with Crippen molar-refractivity contribution < 1.29 is 32.2 Å². The Morgan fingerprint density at radius 2 is 1.96 bits per heavy atom. The van der Waals surface area contributed by atoms with E-state index in [4.69, 9.17) is 4.74 Å². The van der Waals surface area contributed by atoms with Crippen molar-refractivity contribution >= 4 is 23.5 Å². The number of esters is 2. The summed E-state index contributed by atoms with van der Waals surface area (Å²) in [4.78, 5) is 23.4. The van der Waals surface area contributed by atoms with Crippen molar-refractivity contribution in [3.63, 3.8) is 0 Å². The summed E-state index contributed by atoms with van der Waals surface area (Å²) in [6.45, 7) is 3.19. The zero-order valence-electron chi connectivity index (χ0n) is 16.2. The fourth-order valence-corrected chi connectivity index (χ4v) is 3.26. The fraction of sp³-hybridized carbons (Fsp3) is 0.400. The van der Waals surface area contributed by atoms with Crippen LogP contribution >= 0.6 is 0 Å². The molecule has 1 aromatic carbocycles. The third kappa shape index (κ3) is 4.21. The lowest BCUT2D eigenvalue weighted by Crippen LogP contribution is -2.10. The average Bonchev–Trinajstić information content (AvgIpc) is 3.05. The molecular weight excluding hydrogens is 375 g/mol. The van der Waals surface area contributed by atoms with Crippen LogP contribution in [0.2, 0.25) is 0 Å². The van der Waals surface area contributed by atoms with E-state index in [1.807, 2.05) is 0 Å². The third-order valence-corrected chi connectivity index (χ3v) is 4.78. The van der Waals surface area contributed by atoms with Crippen molar-refractivity contribution in [3.8, 4) is 0 Å². The maximum Gasteiger partial charge on any atom is 0.341 e. The highest BCUT2D eigenvalue weighted by Crippen LogP contribution is 2.41. The number of benzene rings is 1. The molecule has 0 radical (unpaired) electrons. The number of cyclic esters (lactones) is 1. The van der Waals surface area contributed by atoms with Crippen LogP contribution in [0.1, 0.15) is 52.4 Å². The number of halogens is 3. The quantitative estimate of drug-likeness (QED) is 0.534. The first kappa shape index (κ1) is 21.5. The van der Waals surface area contributed by atoms with Crippen LogP contribution in [0.25, 0.3) is 5.83 Å². The molecule has 152 valence electrons. The molecule has 0 aliphatic carbocycles. The summed E-state index contributed by atoms with van der Waals surface area (Å²) in [5, 5.41) is 2.83. The van der Waals surface area contributed by atoms with Gasteiger partial charge >= 0.3 is 18.0 Å². The molecule has 28 heavy (non-hydrogen) atoms. The maximum atomic E-state index is 14.4. The number of fused-ring (bicyclic) bond motifs is 1. The predicted molar refractivity (Wildman–Crippen MR) is 98.8 cm³/mol. The van der Waals surface area contributed by atoms with Gasteiger partial charge in [-0.05, 0) is 37.8 Å². The van der Waals surface area contributed by atoms with Gasteiger partial charge in [0.25, 0.3) is 0 Å². The van der Waals surface area contributed by atoms with Crippen molar-refractivity contribution in [3.05, 3.63) is 45.5 Å². The van der Waals surface area contributed by atoms with Crippen LogP contribution in [-0.4, -0.2) is 26.1 Å². The number of ether oxygens (including phenoxy) is 2. The van der Waals surface area contributed by atoms with E-state index in [0.717, 1.165) is 5.57 Å². The molecule has 2 rings (SSSR count). The van der Waals surface area contributed by atoms with Gasteiger partial charge in [-0.25, -0.2) is 9.18 Å². The van der Waals surface area contributed by atoms with Gasteiger partial charge < -0.3 is 14.8 Å². The zero-order valence-corrected chi connectivity index (χ0v) is 16.2. The molecule has 1 aliphatic heterocycles. The molecule has 0 aromatic heterocycles. The van der Waals surface area contributed by atoms with E-state index in [1.165, 1.54) is 21.1 Å². The number of nitrogens with one attached hydrogen (secondary N) is 1. The monoisotopic (exact) mass is 397 g/mol. The minimum absolute atomic E-state index is 0.0862. The molecule has 1 aliphatic rings. The number of anilines is 1. The SMILES string of the molecule is CNc1c(CC=C(C)CCC(=O)OC)c(C(F)=C(F)F)c(C)c2c1C(=O)OC2. The molecular formula is C20H22F3NO4. The van der Waals surface area contributed by atoms with Crippen molar-refractivity contribution in [2.75, 3.05) is 19.5 Å². The van der Waals surface area contributed by atoms with Crippen molar-refractivity contribution in [1.82, 2.24) is 0 Å². The van der Waals surface area contributed by atoms with E-state index in [2.05, 4.69) is 10.1 Å². The van der Waals surface area contributed by atoms with Gasteiger partial charge in [0.1, 0.15) is 6.61 Å². The maximum absolute atomic E-state index is 14.4. The first-order chi connectivity index (χ1) is 13.2. The summed E-state index contributed by atoms with van der Waals surface area (Å²) in [7, 11) is 2.82. The Balaban J connectivity index is 2.57. The second-order valence-electron chi connectivity index (χ2n) is 6.44. The molecule has 0 bridgehead atoms. The first-order valence-corrected chi connectivity index (χ1v) is 8.69. The number of rotatable bonds is 7. The summed E-state index contributed by atoms with van der Waals surface area (Å²) >= 11 is 0. The molecule has 8 heteroatoms. The van der Waals surface area contributed by atoms with E-state index in [0.29, 0.717) is 12.0 Å². The van der Waals surface area contributed by atoms with Crippen molar-refractivity contribution in [1.29, 1.82) is 0 Å². The van der Waals surface area contributed by atoms with Crippen LogP contribution in [0.5, 0.6) is 0 Å². The van der Waals surface area contributed by atoms with E-state index >= 15 is 0 Å². The number of methoxy groups -OCH3 is 1. The van der Waals surface area contributed by atoms with Gasteiger partial charge in [0.15, 0.2) is 5.83 Å². The number of hydrogen-bond donors (Lipinski definition) is 1. The van der Waals surface area contributed by atoms with Gasteiger partial charge in [0, 0.05) is 24.6 Å². The molecule has 0 saturated carbocycles. The molecule has 1 heterocycles. The second-order valence-corrected chi connectivity index (χ2v) is 6.44. The molecule has 1 N–H and O–H groups in total. The average molecular weight is 397 g/mol. The van der Waals surface area contributed by atoms with Gasteiger partial charge in [-0.1, -0.05) is 11.6 Å². The summed E-state index contributed by atoms with van der Waals surface area (Å²) in [5.41, 5.74) is 1.97. The Bertz CT molecular complexity index is 871. The van der Waals surface area contributed by atoms with Crippen LogP contribution < -0.4 is 5.32 Å². The van der Waals surface area contributed by atoms with E-state index in [9.17, 15) is 22.8 Å². The van der Waals surface area contributed by atoms with Crippen LogP contribution in [0.4, 0.5) is 18.9 Å². The Kier molecular flexibility index (Phi) is 6.88. The molecule has 0 saturated heterocycles. The number of carbonyl (C=O) groups is 2. The largest absolute Gasteiger partial charge is 0.469 e.